The Morgan fingerprint density at radius 3 is 2.50 bits per heavy atom. The highest BCUT2D eigenvalue weighted by Gasteiger charge is 2.24. The van der Waals surface area contributed by atoms with Gasteiger partial charge < -0.3 is 5.32 Å². The Kier molecular flexibility index (Phi) is 4.90. The third kappa shape index (κ3) is 2.96. The van der Waals surface area contributed by atoms with E-state index < -0.39 is 0 Å². The normalized spacial score (nSPS) is 30.6. The minimum absolute atomic E-state index is 0.653. The van der Waals surface area contributed by atoms with Gasteiger partial charge in [0.25, 0.3) is 0 Å². The summed E-state index contributed by atoms with van der Waals surface area (Å²) in [7, 11) is 0. The molecule has 0 saturated carbocycles. The molecule has 2 unspecified atom stereocenters. The highest BCUT2D eigenvalue weighted by Crippen LogP contribution is 2.17. The zero-order valence-electron chi connectivity index (χ0n) is 10.2. The summed E-state index contributed by atoms with van der Waals surface area (Å²) >= 11 is 0. The number of nitrogens with zero attached hydrogens (tertiary/aromatic N) is 1. The van der Waals surface area contributed by atoms with Crippen molar-refractivity contribution in [1.29, 1.82) is 0 Å². The minimum Gasteiger partial charge on any atom is -0.313 e. The lowest BCUT2D eigenvalue weighted by Crippen LogP contribution is -2.44. The SMILES string of the molecule is CCC(CC)N1CC(C)NCCC1C. The van der Waals surface area contributed by atoms with Crippen LogP contribution in [0.5, 0.6) is 0 Å². The average Bonchev–Trinajstić information content (AvgIpc) is 2.32. The van der Waals surface area contributed by atoms with Crippen LogP contribution >= 0.6 is 0 Å². The van der Waals surface area contributed by atoms with Gasteiger partial charge in [0.15, 0.2) is 0 Å². The van der Waals surface area contributed by atoms with Crippen molar-refractivity contribution in [2.45, 2.75) is 65.1 Å². The molecule has 0 aromatic carbocycles. The molecule has 2 nitrogen and oxygen atoms in total. The molecule has 1 aliphatic rings. The number of hydrogen-bond donors (Lipinski definition) is 1. The van der Waals surface area contributed by atoms with Crippen LogP contribution in [0, 0.1) is 0 Å². The van der Waals surface area contributed by atoms with Crippen molar-refractivity contribution in [3.05, 3.63) is 0 Å². The summed E-state index contributed by atoms with van der Waals surface area (Å²) in [5, 5.41) is 3.57. The van der Waals surface area contributed by atoms with Gasteiger partial charge in [-0.15, -0.1) is 0 Å². The molecule has 0 amide bonds. The number of hydrogen-bond acceptors (Lipinski definition) is 2. The lowest BCUT2D eigenvalue weighted by molar-refractivity contribution is 0.134. The van der Waals surface area contributed by atoms with Gasteiger partial charge in [-0.25, -0.2) is 0 Å². The van der Waals surface area contributed by atoms with E-state index in [0.29, 0.717) is 6.04 Å². The topological polar surface area (TPSA) is 15.3 Å². The lowest BCUT2D eigenvalue weighted by Gasteiger charge is -2.35. The van der Waals surface area contributed by atoms with Gasteiger partial charge in [0.2, 0.25) is 0 Å². The van der Waals surface area contributed by atoms with Gasteiger partial charge in [-0.05, 0) is 39.7 Å². The fourth-order valence-corrected chi connectivity index (χ4v) is 2.53. The molecule has 0 radical (unpaired) electrons. The third-order valence-corrected chi connectivity index (χ3v) is 3.52. The highest BCUT2D eigenvalue weighted by molar-refractivity contribution is 4.82. The summed E-state index contributed by atoms with van der Waals surface area (Å²) in [5.41, 5.74) is 0. The van der Waals surface area contributed by atoms with Crippen molar-refractivity contribution >= 4 is 0 Å². The van der Waals surface area contributed by atoms with Crippen LogP contribution in [0.25, 0.3) is 0 Å². The fraction of sp³-hybridized carbons (Fsp3) is 1.00. The largest absolute Gasteiger partial charge is 0.313 e. The summed E-state index contributed by atoms with van der Waals surface area (Å²) < 4.78 is 0. The minimum atomic E-state index is 0.653. The molecule has 0 aromatic heterocycles. The van der Waals surface area contributed by atoms with E-state index in [0.717, 1.165) is 12.1 Å². The molecule has 1 saturated heterocycles. The molecule has 1 rings (SSSR count). The van der Waals surface area contributed by atoms with Gasteiger partial charge in [0, 0.05) is 24.7 Å². The summed E-state index contributed by atoms with van der Waals surface area (Å²) in [6.45, 7) is 11.7. The fourth-order valence-electron chi connectivity index (χ4n) is 2.53. The molecular formula is C12H26N2. The molecule has 14 heavy (non-hydrogen) atoms. The predicted molar refractivity (Wildman–Crippen MR) is 62.6 cm³/mol. The second kappa shape index (κ2) is 5.72. The molecule has 1 heterocycles. The van der Waals surface area contributed by atoms with E-state index in [1.807, 2.05) is 0 Å². The second-order valence-electron chi connectivity index (χ2n) is 4.66. The molecule has 84 valence electrons. The van der Waals surface area contributed by atoms with Gasteiger partial charge in [0.1, 0.15) is 0 Å². The van der Waals surface area contributed by atoms with Gasteiger partial charge in [-0.1, -0.05) is 13.8 Å². The Bertz CT molecular complexity index is 154. The Hall–Kier alpha value is -0.0800. The van der Waals surface area contributed by atoms with E-state index >= 15 is 0 Å². The smallest absolute Gasteiger partial charge is 0.0166 e. The van der Waals surface area contributed by atoms with Crippen molar-refractivity contribution in [2.75, 3.05) is 13.1 Å². The van der Waals surface area contributed by atoms with Crippen molar-refractivity contribution < 1.29 is 0 Å². The van der Waals surface area contributed by atoms with Crippen molar-refractivity contribution in [3.63, 3.8) is 0 Å². The van der Waals surface area contributed by atoms with E-state index in [2.05, 4.69) is 37.9 Å². The van der Waals surface area contributed by atoms with Crippen LogP contribution < -0.4 is 5.32 Å². The van der Waals surface area contributed by atoms with Crippen molar-refractivity contribution in [1.82, 2.24) is 10.2 Å². The Morgan fingerprint density at radius 2 is 1.93 bits per heavy atom. The first-order valence-corrected chi connectivity index (χ1v) is 6.18. The Labute approximate surface area is 89.1 Å². The van der Waals surface area contributed by atoms with E-state index in [9.17, 15) is 0 Å². The van der Waals surface area contributed by atoms with Crippen LogP contribution in [-0.4, -0.2) is 36.1 Å². The van der Waals surface area contributed by atoms with E-state index in [-0.39, 0.29) is 0 Å². The van der Waals surface area contributed by atoms with Crippen molar-refractivity contribution in [2.24, 2.45) is 0 Å². The first-order valence-electron chi connectivity index (χ1n) is 6.18. The zero-order valence-corrected chi connectivity index (χ0v) is 10.2. The number of rotatable bonds is 3. The van der Waals surface area contributed by atoms with Crippen LogP contribution in [0.15, 0.2) is 0 Å². The Balaban J connectivity index is 2.60. The Morgan fingerprint density at radius 1 is 1.29 bits per heavy atom. The summed E-state index contributed by atoms with van der Waals surface area (Å²) in [5.74, 6) is 0. The van der Waals surface area contributed by atoms with Crippen LogP contribution in [0.1, 0.15) is 47.0 Å². The van der Waals surface area contributed by atoms with Crippen LogP contribution in [0.3, 0.4) is 0 Å². The highest BCUT2D eigenvalue weighted by atomic mass is 15.2. The molecule has 0 aromatic rings. The van der Waals surface area contributed by atoms with Crippen LogP contribution in [0.4, 0.5) is 0 Å². The van der Waals surface area contributed by atoms with E-state index in [1.165, 1.54) is 32.4 Å². The molecular weight excluding hydrogens is 172 g/mol. The molecule has 1 N–H and O–H groups in total. The van der Waals surface area contributed by atoms with Crippen LogP contribution in [0.2, 0.25) is 0 Å². The average molecular weight is 198 g/mol. The zero-order chi connectivity index (χ0) is 10.6. The van der Waals surface area contributed by atoms with Gasteiger partial charge >= 0.3 is 0 Å². The molecule has 0 aliphatic carbocycles. The monoisotopic (exact) mass is 198 g/mol. The van der Waals surface area contributed by atoms with E-state index in [1.54, 1.807) is 0 Å². The maximum absolute atomic E-state index is 3.57. The molecule has 0 spiro atoms. The molecule has 1 fully saturated rings. The maximum Gasteiger partial charge on any atom is 0.0166 e. The molecule has 0 bridgehead atoms. The quantitative estimate of drug-likeness (QED) is 0.748. The number of nitrogens with one attached hydrogen (secondary N) is 1. The third-order valence-electron chi connectivity index (χ3n) is 3.52. The van der Waals surface area contributed by atoms with Gasteiger partial charge in [-0.2, -0.15) is 0 Å². The van der Waals surface area contributed by atoms with Gasteiger partial charge in [0.05, 0.1) is 0 Å². The van der Waals surface area contributed by atoms with Crippen LogP contribution in [-0.2, 0) is 0 Å². The van der Waals surface area contributed by atoms with Crippen molar-refractivity contribution in [3.8, 4) is 0 Å². The summed E-state index contributed by atoms with van der Waals surface area (Å²) in [4.78, 5) is 2.70. The second-order valence-corrected chi connectivity index (χ2v) is 4.66. The molecule has 2 atom stereocenters. The van der Waals surface area contributed by atoms with E-state index in [4.69, 9.17) is 0 Å². The first-order chi connectivity index (χ1) is 6.69. The first kappa shape index (κ1) is 12.0. The van der Waals surface area contributed by atoms with Gasteiger partial charge in [-0.3, -0.25) is 4.90 Å². The maximum atomic E-state index is 3.57. The lowest BCUT2D eigenvalue weighted by atomic mass is 10.1. The summed E-state index contributed by atoms with van der Waals surface area (Å²) in [6.07, 6.45) is 3.86. The summed E-state index contributed by atoms with van der Waals surface area (Å²) in [6, 6.07) is 2.19. The molecule has 1 aliphatic heterocycles. The predicted octanol–water partition coefficient (Wildman–Crippen LogP) is 2.25. The standard InChI is InChI=1S/C12H26N2/c1-5-12(6-2)14-9-10(3)13-8-7-11(14)4/h10-13H,5-9H2,1-4H3. The molecule has 2 heteroatoms.